The van der Waals surface area contributed by atoms with Crippen LogP contribution in [0.1, 0.15) is 24.8 Å². The fourth-order valence-electron chi connectivity index (χ4n) is 1.97. The molecule has 2 rings (SSSR count). The van der Waals surface area contributed by atoms with E-state index in [-0.39, 0.29) is 5.82 Å². The van der Waals surface area contributed by atoms with E-state index in [1.54, 1.807) is 13.0 Å². The quantitative estimate of drug-likeness (QED) is 0.757. The second-order valence-electron chi connectivity index (χ2n) is 4.35. The maximum Gasteiger partial charge on any atom is 0.128 e. The average Bonchev–Trinajstić information content (AvgIpc) is 2.27. The van der Waals surface area contributed by atoms with E-state index in [1.165, 1.54) is 25.3 Å². The highest BCUT2D eigenvalue weighted by Gasteiger charge is 2.12. The molecule has 1 aromatic carbocycles. The molecule has 0 amide bonds. The number of piperidine rings is 1. The molecule has 3 nitrogen and oxygen atoms in total. The second kappa shape index (κ2) is 4.70. The van der Waals surface area contributed by atoms with Crippen molar-refractivity contribution in [3.8, 4) is 0 Å². The second-order valence-corrected chi connectivity index (χ2v) is 4.35. The van der Waals surface area contributed by atoms with E-state index >= 15 is 0 Å². The normalized spacial score (nSPS) is 17.4. The number of nitrogens with one attached hydrogen (secondary N) is 1. The zero-order chi connectivity index (χ0) is 11.5. The van der Waals surface area contributed by atoms with E-state index < -0.39 is 0 Å². The van der Waals surface area contributed by atoms with Crippen LogP contribution in [0.25, 0.3) is 0 Å². The van der Waals surface area contributed by atoms with Crippen LogP contribution in [0.2, 0.25) is 0 Å². The van der Waals surface area contributed by atoms with Crippen LogP contribution < -0.4 is 11.2 Å². The molecule has 1 fully saturated rings. The maximum atomic E-state index is 13.2. The molecule has 0 aromatic heterocycles. The van der Waals surface area contributed by atoms with Crippen molar-refractivity contribution in [2.75, 3.05) is 24.2 Å². The van der Waals surface area contributed by atoms with Crippen LogP contribution in [-0.4, -0.2) is 18.1 Å². The zero-order valence-corrected chi connectivity index (χ0v) is 9.59. The van der Waals surface area contributed by atoms with Crippen LogP contribution in [0.3, 0.4) is 0 Å². The Labute approximate surface area is 95.4 Å². The smallest absolute Gasteiger partial charge is 0.128 e. The predicted octanol–water partition coefficient (Wildman–Crippen LogP) is 2.53. The number of hydrogen-bond donors (Lipinski definition) is 2. The molecule has 16 heavy (non-hydrogen) atoms. The molecule has 1 saturated heterocycles. The molecule has 1 aliphatic heterocycles. The summed E-state index contributed by atoms with van der Waals surface area (Å²) < 4.78 is 13.2. The minimum atomic E-state index is -0.248. The van der Waals surface area contributed by atoms with Crippen molar-refractivity contribution in [2.45, 2.75) is 26.2 Å². The Balaban J connectivity index is 2.11. The minimum absolute atomic E-state index is 0.248. The van der Waals surface area contributed by atoms with Crippen LogP contribution in [0.5, 0.6) is 0 Å². The van der Waals surface area contributed by atoms with Crippen LogP contribution in [0.15, 0.2) is 12.1 Å². The van der Waals surface area contributed by atoms with Gasteiger partial charge in [-0.05, 0) is 37.5 Å². The molecule has 1 aromatic rings. The standard InChI is InChI=1S/C12H18FN3/c1-9-7-12(11(14)8-10(9)13)15-16-5-3-2-4-6-16/h7-8,15H,2-6,14H2,1H3. The van der Waals surface area contributed by atoms with Gasteiger partial charge >= 0.3 is 0 Å². The van der Waals surface area contributed by atoms with Crippen molar-refractivity contribution in [1.29, 1.82) is 0 Å². The number of nitrogens with two attached hydrogens (primary N) is 1. The van der Waals surface area contributed by atoms with Crippen molar-refractivity contribution in [3.05, 3.63) is 23.5 Å². The monoisotopic (exact) mass is 223 g/mol. The highest BCUT2D eigenvalue weighted by atomic mass is 19.1. The Morgan fingerprint density at radius 3 is 2.62 bits per heavy atom. The Hall–Kier alpha value is -1.29. The van der Waals surface area contributed by atoms with Crippen molar-refractivity contribution in [1.82, 2.24) is 5.01 Å². The lowest BCUT2D eigenvalue weighted by atomic mass is 10.1. The fourth-order valence-corrected chi connectivity index (χ4v) is 1.97. The highest BCUT2D eigenvalue weighted by molar-refractivity contribution is 5.66. The number of rotatable bonds is 2. The van der Waals surface area contributed by atoms with Crippen molar-refractivity contribution in [3.63, 3.8) is 0 Å². The molecule has 0 atom stereocenters. The molecule has 0 saturated carbocycles. The molecule has 0 spiro atoms. The summed E-state index contributed by atoms with van der Waals surface area (Å²) in [4.78, 5) is 0. The van der Waals surface area contributed by atoms with Gasteiger partial charge in [-0.1, -0.05) is 6.42 Å². The number of nitrogens with zero attached hydrogens (tertiary/aromatic N) is 1. The predicted molar refractivity (Wildman–Crippen MR) is 64.6 cm³/mol. The number of benzene rings is 1. The molecule has 0 radical (unpaired) electrons. The van der Waals surface area contributed by atoms with E-state index in [4.69, 9.17) is 5.73 Å². The van der Waals surface area contributed by atoms with Crippen LogP contribution >= 0.6 is 0 Å². The molecule has 0 unspecified atom stereocenters. The lowest BCUT2D eigenvalue weighted by Crippen LogP contribution is -2.35. The van der Waals surface area contributed by atoms with Gasteiger partial charge in [0, 0.05) is 13.1 Å². The summed E-state index contributed by atoms with van der Waals surface area (Å²) in [5, 5.41) is 2.15. The summed E-state index contributed by atoms with van der Waals surface area (Å²) >= 11 is 0. The van der Waals surface area contributed by atoms with Crippen LogP contribution in [-0.2, 0) is 0 Å². The Kier molecular flexibility index (Phi) is 3.29. The van der Waals surface area contributed by atoms with Crippen molar-refractivity contribution < 1.29 is 4.39 Å². The number of hydrogen-bond acceptors (Lipinski definition) is 3. The molecule has 4 heteroatoms. The molecule has 0 bridgehead atoms. The zero-order valence-electron chi connectivity index (χ0n) is 9.59. The van der Waals surface area contributed by atoms with Gasteiger partial charge in [-0.25, -0.2) is 9.40 Å². The lowest BCUT2D eigenvalue weighted by molar-refractivity contribution is 0.273. The lowest BCUT2D eigenvalue weighted by Gasteiger charge is -2.28. The number of nitrogen functional groups attached to an aromatic ring is 1. The largest absolute Gasteiger partial charge is 0.397 e. The first-order valence-corrected chi connectivity index (χ1v) is 5.74. The summed E-state index contributed by atoms with van der Waals surface area (Å²) in [6.45, 7) is 3.79. The van der Waals surface area contributed by atoms with E-state index in [0.29, 0.717) is 11.3 Å². The molecule has 1 heterocycles. The molecule has 3 N–H and O–H groups in total. The average molecular weight is 223 g/mol. The van der Waals surface area contributed by atoms with Gasteiger partial charge in [0.05, 0.1) is 11.4 Å². The van der Waals surface area contributed by atoms with Crippen molar-refractivity contribution in [2.24, 2.45) is 0 Å². The first-order valence-electron chi connectivity index (χ1n) is 5.74. The van der Waals surface area contributed by atoms with Gasteiger partial charge in [0.15, 0.2) is 0 Å². The first-order chi connectivity index (χ1) is 7.66. The molecule has 1 aliphatic rings. The summed E-state index contributed by atoms with van der Waals surface area (Å²) in [6, 6.07) is 3.14. The maximum absolute atomic E-state index is 13.2. The highest BCUT2D eigenvalue weighted by Crippen LogP contribution is 2.23. The molecule has 0 aliphatic carbocycles. The fraction of sp³-hybridized carbons (Fsp3) is 0.500. The Bertz CT molecular complexity index is 373. The molecular formula is C12H18FN3. The molecule has 88 valence electrons. The summed E-state index contributed by atoms with van der Waals surface area (Å²) in [5.74, 6) is -0.248. The van der Waals surface area contributed by atoms with Gasteiger partial charge in [0.2, 0.25) is 0 Å². The van der Waals surface area contributed by atoms with Gasteiger partial charge < -0.3 is 11.2 Å². The Morgan fingerprint density at radius 2 is 1.94 bits per heavy atom. The van der Waals surface area contributed by atoms with E-state index in [9.17, 15) is 4.39 Å². The molecular weight excluding hydrogens is 205 g/mol. The third-order valence-electron chi connectivity index (χ3n) is 2.97. The third-order valence-corrected chi connectivity index (χ3v) is 2.97. The number of anilines is 2. The number of aryl methyl sites for hydroxylation is 1. The van der Waals surface area contributed by atoms with Crippen LogP contribution in [0.4, 0.5) is 15.8 Å². The van der Waals surface area contributed by atoms with E-state index in [2.05, 4.69) is 10.4 Å². The van der Waals surface area contributed by atoms with Gasteiger partial charge in [0.25, 0.3) is 0 Å². The Morgan fingerprint density at radius 1 is 1.25 bits per heavy atom. The third kappa shape index (κ3) is 2.44. The number of halogens is 1. The van der Waals surface area contributed by atoms with Crippen molar-refractivity contribution >= 4 is 11.4 Å². The van der Waals surface area contributed by atoms with E-state index in [1.807, 2.05) is 0 Å². The first kappa shape index (κ1) is 11.2. The van der Waals surface area contributed by atoms with Gasteiger partial charge in [0.1, 0.15) is 5.82 Å². The van der Waals surface area contributed by atoms with Gasteiger partial charge in [-0.15, -0.1) is 0 Å². The van der Waals surface area contributed by atoms with Gasteiger partial charge in [-0.3, -0.25) is 0 Å². The number of hydrazine groups is 1. The summed E-state index contributed by atoms with van der Waals surface area (Å²) in [6.07, 6.45) is 3.69. The topological polar surface area (TPSA) is 41.3 Å². The SMILES string of the molecule is Cc1cc(NN2CCCCC2)c(N)cc1F. The summed E-state index contributed by atoms with van der Waals surface area (Å²) in [5.41, 5.74) is 10.9. The minimum Gasteiger partial charge on any atom is -0.397 e. The van der Waals surface area contributed by atoms with E-state index in [0.717, 1.165) is 18.8 Å². The van der Waals surface area contributed by atoms with Crippen LogP contribution in [0, 0.1) is 12.7 Å². The van der Waals surface area contributed by atoms with Gasteiger partial charge in [-0.2, -0.15) is 0 Å². The summed E-state index contributed by atoms with van der Waals surface area (Å²) in [7, 11) is 0.